The van der Waals surface area contributed by atoms with Crippen LogP contribution in [-0.4, -0.2) is 6.54 Å². The Morgan fingerprint density at radius 3 is 2.57 bits per heavy atom. The van der Waals surface area contributed by atoms with Gasteiger partial charge in [-0.05, 0) is 37.1 Å². The van der Waals surface area contributed by atoms with Crippen LogP contribution in [0.15, 0.2) is 18.2 Å². The highest BCUT2D eigenvalue weighted by molar-refractivity contribution is 6.35. The summed E-state index contributed by atoms with van der Waals surface area (Å²) < 4.78 is 0. The Kier molecular flexibility index (Phi) is 4.69. The van der Waals surface area contributed by atoms with Crippen LogP contribution in [0.3, 0.4) is 0 Å². The van der Waals surface area contributed by atoms with E-state index in [0.29, 0.717) is 16.6 Å². The van der Waals surface area contributed by atoms with Gasteiger partial charge in [0.2, 0.25) is 0 Å². The smallest absolute Gasteiger partial charge is 0.0468 e. The molecular weight excluding hydrogens is 219 g/mol. The largest absolute Gasteiger partial charge is 0.330 e. The number of rotatable bonds is 4. The lowest BCUT2D eigenvalue weighted by Gasteiger charge is -2.13. The third-order valence-electron chi connectivity index (χ3n) is 2.08. The molecule has 1 atom stereocenters. The van der Waals surface area contributed by atoms with Gasteiger partial charge in [0.25, 0.3) is 0 Å². The van der Waals surface area contributed by atoms with E-state index >= 15 is 0 Å². The van der Waals surface area contributed by atoms with Gasteiger partial charge in [-0.3, -0.25) is 0 Å². The molecule has 4 N–H and O–H groups in total. The quantitative estimate of drug-likeness (QED) is 0.839. The maximum absolute atomic E-state index is 6.01. The molecule has 1 aromatic rings. The van der Waals surface area contributed by atoms with Gasteiger partial charge < -0.3 is 11.5 Å². The molecule has 4 heteroatoms. The van der Waals surface area contributed by atoms with E-state index in [1.165, 1.54) is 0 Å². The summed E-state index contributed by atoms with van der Waals surface area (Å²) in [5.41, 5.74) is 12.3. The molecule has 78 valence electrons. The fourth-order valence-electron chi connectivity index (χ4n) is 1.30. The molecule has 0 aliphatic carbocycles. The molecule has 0 aromatic heterocycles. The summed E-state index contributed by atoms with van der Waals surface area (Å²) in [4.78, 5) is 0. The van der Waals surface area contributed by atoms with Gasteiger partial charge in [0.05, 0.1) is 0 Å². The first-order chi connectivity index (χ1) is 6.65. The van der Waals surface area contributed by atoms with E-state index in [1.807, 2.05) is 6.07 Å². The lowest BCUT2D eigenvalue weighted by molar-refractivity contribution is 0.618. The fraction of sp³-hybridized carbons (Fsp3) is 0.400. The van der Waals surface area contributed by atoms with Crippen LogP contribution in [0.25, 0.3) is 0 Å². The van der Waals surface area contributed by atoms with Crippen molar-refractivity contribution in [2.45, 2.75) is 18.9 Å². The summed E-state index contributed by atoms with van der Waals surface area (Å²) in [6, 6.07) is 5.32. The molecule has 0 fully saturated rings. The van der Waals surface area contributed by atoms with Gasteiger partial charge in [0.1, 0.15) is 0 Å². The molecule has 1 rings (SSSR count). The summed E-state index contributed by atoms with van der Waals surface area (Å²) in [7, 11) is 0. The number of hydrogen-bond donors (Lipinski definition) is 2. The predicted octanol–water partition coefficient (Wildman–Crippen LogP) is 2.73. The minimum absolute atomic E-state index is 0.0525. The summed E-state index contributed by atoms with van der Waals surface area (Å²) in [6.45, 7) is 0.652. The topological polar surface area (TPSA) is 52.0 Å². The predicted molar refractivity (Wildman–Crippen MR) is 61.7 cm³/mol. The molecule has 0 aliphatic rings. The zero-order valence-electron chi connectivity index (χ0n) is 7.84. The van der Waals surface area contributed by atoms with Crippen LogP contribution >= 0.6 is 23.2 Å². The SMILES string of the molecule is NCCC[C@H](N)c1ccc(Cl)cc1Cl. The number of benzene rings is 1. The second-order valence-corrected chi connectivity index (χ2v) is 4.05. The lowest BCUT2D eigenvalue weighted by Crippen LogP contribution is -2.12. The Labute approximate surface area is 94.2 Å². The molecule has 0 saturated carbocycles. The summed E-state index contributed by atoms with van der Waals surface area (Å²) in [5.74, 6) is 0. The van der Waals surface area contributed by atoms with Crippen LogP contribution in [0.5, 0.6) is 0 Å². The van der Waals surface area contributed by atoms with E-state index in [2.05, 4.69) is 0 Å². The van der Waals surface area contributed by atoms with Crippen molar-refractivity contribution in [3.05, 3.63) is 33.8 Å². The fourth-order valence-corrected chi connectivity index (χ4v) is 1.84. The number of hydrogen-bond acceptors (Lipinski definition) is 2. The second-order valence-electron chi connectivity index (χ2n) is 3.20. The molecule has 2 nitrogen and oxygen atoms in total. The first-order valence-electron chi connectivity index (χ1n) is 4.55. The highest BCUT2D eigenvalue weighted by Crippen LogP contribution is 2.27. The first kappa shape index (κ1) is 11.8. The van der Waals surface area contributed by atoms with Crippen molar-refractivity contribution in [3.63, 3.8) is 0 Å². The maximum atomic E-state index is 6.01. The average Bonchev–Trinajstić information content (AvgIpc) is 2.14. The molecule has 0 heterocycles. The second kappa shape index (κ2) is 5.56. The van der Waals surface area contributed by atoms with Gasteiger partial charge in [-0.2, -0.15) is 0 Å². The monoisotopic (exact) mass is 232 g/mol. The number of halogens is 2. The Morgan fingerprint density at radius 2 is 2.00 bits per heavy atom. The lowest BCUT2D eigenvalue weighted by atomic mass is 10.0. The third kappa shape index (κ3) is 3.14. The van der Waals surface area contributed by atoms with Crippen LogP contribution < -0.4 is 11.5 Å². The summed E-state index contributed by atoms with van der Waals surface area (Å²) in [6.07, 6.45) is 1.75. The molecule has 0 bridgehead atoms. The zero-order chi connectivity index (χ0) is 10.6. The zero-order valence-corrected chi connectivity index (χ0v) is 9.35. The Bertz CT molecular complexity index is 302. The highest BCUT2D eigenvalue weighted by Gasteiger charge is 2.09. The van der Waals surface area contributed by atoms with Crippen LogP contribution in [0.4, 0.5) is 0 Å². The van der Waals surface area contributed by atoms with E-state index < -0.39 is 0 Å². The van der Waals surface area contributed by atoms with Crippen molar-refractivity contribution in [1.82, 2.24) is 0 Å². The molecule has 0 amide bonds. The molecule has 0 unspecified atom stereocenters. The van der Waals surface area contributed by atoms with Gasteiger partial charge >= 0.3 is 0 Å². The molecule has 0 radical (unpaired) electrons. The van der Waals surface area contributed by atoms with E-state index in [9.17, 15) is 0 Å². The van der Waals surface area contributed by atoms with Crippen molar-refractivity contribution >= 4 is 23.2 Å². The normalized spacial score (nSPS) is 12.9. The van der Waals surface area contributed by atoms with Crippen LogP contribution in [0.2, 0.25) is 10.0 Å². The van der Waals surface area contributed by atoms with Gasteiger partial charge in [-0.1, -0.05) is 29.3 Å². The molecule has 0 spiro atoms. The molecule has 1 aromatic carbocycles. The van der Waals surface area contributed by atoms with Crippen molar-refractivity contribution < 1.29 is 0 Å². The minimum Gasteiger partial charge on any atom is -0.330 e. The summed E-state index contributed by atoms with van der Waals surface area (Å²) >= 11 is 11.8. The molecule has 0 saturated heterocycles. The molecule has 14 heavy (non-hydrogen) atoms. The van der Waals surface area contributed by atoms with Crippen LogP contribution in [-0.2, 0) is 0 Å². The highest BCUT2D eigenvalue weighted by atomic mass is 35.5. The Morgan fingerprint density at radius 1 is 1.29 bits per heavy atom. The van der Waals surface area contributed by atoms with E-state index in [4.69, 9.17) is 34.7 Å². The third-order valence-corrected chi connectivity index (χ3v) is 2.64. The van der Waals surface area contributed by atoms with Crippen molar-refractivity contribution in [1.29, 1.82) is 0 Å². The average molecular weight is 233 g/mol. The van der Waals surface area contributed by atoms with E-state index in [1.54, 1.807) is 12.1 Å². The summed E-state index contributed by atoms with van der Waals surface area (Å²) in [5, 5.41) is 1.26. The Balaban J connectivity index is 2.74. The van der Waals surface area contributed by atoms with E-state index in [-0.39, 0.29) is 6.04 Å². The van der Waals surface area contributed by atoms with Crippen molar-refractivity contribution in [2.75, 3.05) is 6.54 Å². The Hall–Kier alpha value is -0.280. The van der Waals surface area contributed by atoms with Gasteiger partial charge in [-0.25, -0.2) is 0 Å². The van der Waals surface area contributed by atoms with Gasteiger partial charge in [0.15, 0.2) is 0 Å². The minimum atomic E-state index is -0.0525. The first-order valence-corrected chi connectivity index (χ1v) is 5.31. The number of nitrogens with two attached hydrogens (primary N) is 2. The van der Waals surface area contributed by atoms with Crippen LogP contribution in [0, 0.1) is 0 Å². The standard InChI is InChI=1S/C10H14Cl2N2/c11-7-3-4-8(9(12)6-7)10(14)2-1-5-13/h3-4,6,10H,1-2,5,13-14H2/t10-/m0/s1. The molecular formula is C10H14Cl2N2. The van der Waals surface area contributed by atoms with Crippen LogP contribution in [0.1, 0.15) is 24.4 Å². The van der Waals surface area contributed by atoms with Gasteiger partial charge in [0, 0.05) is 16.1 Å². The van der Waals surface area contributed by atoms with E-state index in [0.717, 1.165) is 18.4 Å². The van der Waals surface area contributed by atoms with Crippen molar-refractivity contribution in [3.8, 4) is 0 Å². The molecule has 0 aliphatic heterocycles. The van der Waals surface area contributed by atoms with Gasteiger partial charge in [-0.15, -0.1) is 0 Å². The van der Waals surface area contributed by atoms with Crippen molar-refractivity contribution in [2.24, 2.45) is 11.5 Å². The maximum Gasteiger partial charge on any atom is 0.0468 e.